The molecule has 2 aromatic carbocycles. The fourth-order valence-corrected chi connectivity index (χ4v) is 2.10. The predicted octanol–water partition coefficient (Wildman–Crippen LogP) is 3.77. The average Bonchev–Trinajstić information content (AvgIpc) is 2.46. The number of ether oxygens (including phenoxy) is 1. The van der Waals surface area contributed by atoms with E-state index in [2.05, 4.69) is 50.2 Å². The van der Waals surface area contributed by atoms with Crippen LogP contribution < -0.4 is 5.73 Å². The molecule has 0 aliphatic carbocycles. The first kappa shape index (κ1) is 13.8. The molecule has 0 amide bonds. The Morgan fingerprint density at radius 3 is 2.16 bits per heavy atom. The van der Waals surface area contributed by atoms with Crippen molar-refractivity contribution < 1.29 is 4.74 Å². The second kappa shape index (κ2) is 6.50. The van der Waals surface area contributed by atoms with E-state index in [0.29, 0.717) is 6.54 Å². The molecule has 2 atom stereocenters. The number of aryl methyl sites for hydroxylation is 1. The Hall–Kier alpha value is -1.64. The van der Waals surface area contributed by atoms with Crippen molar-refractivity contribution in [3.8, 4) is 0 Å². The van der Waals surface area contributed by atoms with Gasteiger partial charge < -0.3 is 10.5 Å². The third kappa shape index (κ3) is 3.66. The summed E-state index contributed by atoms with van der Waals surface area (Å²) in [7, 11) is 0. The first-order valence-corrected chi connectivity index (χ1v) is 6.67. The topological polar surface area (TPSA) is 35.2 Å². The fourth-order valence-electron chi connectivity index (χ4n) is 2.10. The maximum Gasteiger partial charge on any atom is 0.0955 e. The van der Waals surface area contributed by atoms with Crippen LogP contribution in [0.2, 0.25) is 0 Å². The van der Waals surface area contributed by atoms with Crippen molar-refractivity contribution in [1.82, 2.24) is 0 Å². The Kier molecular flexibility index (Phi) is 4.72. The third-order valence-electron chi connectivity index (χ3n) is 3.30. The molecule has 2 nitrogen and oxygen atoms in total. The van der Waals surface area contributed by atoms with Crippen LogP contribution in [-0.2, 0) is 4.74 Å². The van der Waals surface area contributed by atoms with E-state index in [1.165, 1.54) is 11.1 Å². The SMILES string of the molecule is Cc1ccc(C(CN)OC(C)c2ccccc2)cc1. The monoisotopic (exact) mass is 255 g/mol. The van der Waals surface area contributed by atoms with Crippen LogP contribution in [0.5, 0.6) is 0 Å². The molecule has 0 heterocycles. The zero-order chi connectivity index (χ0) is 13.7. The molecular formula is C17H21NO. The first-order chi connectivity index (χ1) is 9.20. The van der Waals surface area contributed by atoms with Crippen molar-refractivity contribution in [2.24, 2.45) is 5.73 Å². The molecule has 0 saturated heterocycles. The van der Waals surface area contributed by atoms with Crippen molar-refractivity contribution in [3.05, 3.63) is 71.3 Å². The van der Waals surface area contributed by atoms with E-state index < -0.39 is 0 Å². The number of hydrogen-bond donors (Lipinski definition) is 1. The van der Waals surface area contributed by atoms with Crippen molar-refractivity contribution in [2.75, 3.05) is 6.54 Å². The van der Waals surface area contributed by atoms with Gasteiger partial charge in [-0.3, -0.25) is 0 Å². The zero-order valence-electron chi connectivity index (χ0n) is 11.5. The van der Waals surface area contributed by atoms with E-state index in [-0.39, 0.29) is 12.2 Å². The van der Waals surface area contributed by atoms with Crippen molar-refractivity contribution >= 4 is 0 Å². The van der Waals surface area contributed by atoms with Gasteiger partial charge in [-0.15, -0.1) is 0 Å². The van der Waals surface area contributed by atoms with Gasteiger partial charge in [0.1, 0.15) is 0 Å². The Labute approximate surface area is 115 Å². The smallest absolute Gasteiger partial charge is 0.0955 e. The van der Waals surface area contributed by atoms with Gasteiger partial charge in [0.25, 0.3) is 0 Å². The quantitative estimate of drug-likeness (QED) is 0.882. The van der Waals surface area contributed by atoms with E-state index in [1.807, 2.05) is 18.2 Å². The summed E-state index contributed by atoms with van der Waals surface area (Å²) in [5, 5.41) is 0. The van der Waals surface area contributed by atoms with E-state index in [9.17, 15) is 0 Å². The fraction of sp³-hybridized carbons (Fsp3) is 0.294. The lowest BCUT2D eigenvalue weighted by Crippen LogP contribution is -2.17. The lowest BCUT2D eigenvalue weighted by Gasteiger charge is -2.22. The van der Waals surface area contributed by atoms with Crippen LogP contribution in [0.25, 0.3) is 0 Å². The highest BCUT2D eigenvalue weighted by Crippen LogP contribution is 2.25. The Balaban J connectivity index is 2.09. The number of rotatable bonds is 5. The minimum absolute atomic E-state index is 0.0380. The molecule has 0 radical (unpaired) electrons. The summed E-state index contributed by atoms with van der Waals surface area (Å²) < 4.78 is 6.09. The summed E-state index contributed by atoms with van der Waals surface area (Å²) in [6.07, 6.45) is -0.0214. The Morgan fingerprint density at radius 2 is 1.58 bits per heavy atom. The van der Waals surface area contributed by atoms with Gasteiger partial charge in [0.15, 0.2) is 0 Å². The van der Waals surface area contributed by atoms with Gasteiger partial charge in [-0.1, -0.05) is 60.2 Å². The molecule has 2 unspecified atom stereocenters. The molecule has 0 aliphatic rings. The minimum atomic E-state index is -0.0594. The van der Waals surface area contributed by atoms with Gasteiger partial charge in [0.05, 0.1) is 12.2 Å². The largest absolute Gasteiger partial charge is 0.365 e. The van der Waals surface area contributed by atoms with Crippen LogP contribution in [0, 0.1) is 6.92 Å². The van der Waals surface area contributed by atoms with Crippen molar-refractivity contribution in [2.45, 2.75) is 26.1 Å². The van der Waals surface area contributed by atoms with Crippen LogP contribution in [-0.4, -0.2) is 6.54 Å². The summed E-state index contributed by atoms with van der Waals surface area (Å²) in [6, 6.07) is 18.6. The van der Waals surface area contributed by atoms with E-state index in [1.54, 1.807) is 0 Å². The van der Waals surface area contributed by atoms with Crippen molar-refractivity contribution in [1.29, 1.82) is 0 Å². The molecule has 2 N–H and O–H groups in total. The average molecular weight is 255 g/mol. The molecule has 2 heteroatoms. The summed E-state index contributed by atoms with van der Waals surface area (Å²) >= 11 is 0. The molecule has 0 aromatic heterocycles. The molecule has 0 fully saturated rings. The number of hydrogen-bond acceptors (Lipinski definition) is 2. The predicted molar refractivity (Wildman–Crippen MR) is 78.9 cm³/mol. The molecular weight excluding hydrogens is 234 g/mol. The minimum Gasteiger partial charge on any atom is -0.365 e. The molecule has 0 bridgehead atoms. The van der Waals surface area contributed by atoms with Crippen LogP contribution >= 0.6 is 0 Å². The number of benzene rings is 2. The highest BCUT2D eigenvalue weighted by atomic mass is 16.5. The lowest BCUT2D eigenvalue weighted by molar-refractivity contribution is 0.000226. The zero-order valence-corrected chi connectivity index (χ0v) is 11.5. The van der Waals surface area contributed by atoms with Gasteiger partial charge in [-0.25, -0.2) is 0 Å². The van der Waals surface area contributed by atoms with Gasteiger partial charge in [-0.2, -0.15) is 0 Å². The summed E-state index contributed by atoms with van der Waals surface area (Å²) in [5.74, 6) is 0. The van der Waals surface area contributed by atoms with Gasteiger partial charge in [-0.05, 0) is 25.0 Å². The first-order valence-electron chi connectivity index (χ1n) is 6.67. The van der Waals surface area contributed by atoms with Crippen molar-refractivity contribution in [3.63, 3.8) is 0 Å². The summed E-state index contributed by atoms with van der Waals surface area (Å²) in [5.41, 5.74) is 9.40. The Morgan fingerprint density at radius 1 is 0.947 bits per heavy atom. The third-order valence-corrected chi connectivity index (χ3v) is 3.30. The van der Waals surface area contributed by atoms with E-state index >= 15 is 0 Å². The standard InChI is InChI=1S/C17H21NO/c1-13-8-10-16(11-9-13)17(12-18)19-14(2)15-6-4-3-5-7-15/h3-11,14,17H,12,18H2,1-2H3. The Bertz CT molecular complexity index is 492. The molecule has 19 heavy (non-hydrogen) atoms. The number of nitrogens with two attached hydrogens (primary N) is 1. The second-order valence-corrected chi connectivity index (χ2v) is 4.82. The molecule has 0 spiro atoms. The van der Waals surface area contributed by atoms with E-state index in [0.717, 1.165) is 5.56 Å². The lowest BCUT2D eigenvalue weighted by atomic mass is 10.1. The second-order valence-electron chi connectivity index (χ2n) is 4.82. The molecule has 2 rings (SSSR count). The van der Waals surface area contributed by atoms with Gasteiger partial charge in [0.2, 0.25) is 0 Å². The van der Waals surface area contributed by atoms with E-state index in [4.69, 9.17) is 10.5 Å². The maximum atomic E-state index is 6.09. The van der Waals surface area contributed by atoms with Gasteiger partial charge in [0, 0.05) is 6.54 Å². The highest BCUT2D eigenvalue weighted by molar-refractivity contribution is 5.24. The van der Waals surface area contributed by atoms with Gasteiger partial charge >= 0.3 is 0 Å². The molecule has 2 aromatic rings. The summed E-state index contributed by atoms with van der Waals surface area (Å²) in [4.78, 5) is 0. The van der Waals surface area contributed by atoms with Crippen LogP contribution in [0.3, 0.4) is 0 Å². The molecule has 100 valence electrons. The normalized spacial score (nSPS) is 14.1. The molecule has 0 aliphatic heterocycles. The highest BCUT2D eigenvalue weighted by Gasteiger charge is 2.15. The maximum absolute atomic E-state index is 6.09. The summed E-state index contributed by atoms with van der Waals surface area (Å²) in [6.45, 7) is 4.63. The van der Waals surface area contributed by atoms with Crippen LogP contribution in [0.15, 0.2) is 54.6 Å². The van der Waals surface area contributed by atoms with Crippen LogP contribution in [0.4, 0.5) is 0 Å². The van der Waals surface area contributed by atoms with Crippen LogP contribution in [0.1, 0.15) is 35.8 Å². The molecule has 0 saturated carbocycles.